The number of esters is 1. The summed E-state index contributed by atoms with van der Waals surface area (Å²) in [6.07, 6.45) is 1.39. The molecule has 0 aliphatic carbocycles. The molecule has 1 aliphatic rings. The first-order chi connectivity index (χ1) is 15.0. The second-order valence-electron chi connectivity index (χ2n) is 7.64. The molecule has 1 saturated heterocycles. The monoisotopic (exact) mass is 486 g/mol. The molecule has 0 spiro atoms. The van der Waals surface area contributed by atoms with Crippen LogP contribution in [0.3, 0.4) is 0 Å². The highest BCUT2D eigenvalue weighted by Gasteiger charge is 2.31. The molecule has 0 aromatic heterocycles. The lowest BCUT2D eigenvalue weighted by atomic mass is 9.94. The van der Waals surface area contributed by atoms with Gasteiger partial charge in [0, 0.05) is 42.1 Å². The number of carbonyl (C=O) groups is 3. The molecule has 0 atom stereocenters. The van der Waals surface area contributed by atoms with Gasteiger partial charge in [0.05, 0.1) is 13.5 Å². The number of rotatable bonds is 7. The largest absolute Gasteiger partial charge is 0.469 e. The highest BCUT2D eigenvalue weighted by molar-refractivity contribution is 9.10. The Morgan fingerprint density at radius 1 is 1.03 bits per heavy atom. The fourth-order valence-corrected chi connectivity index (χ4v) is 4.03. The Bertz CT molecular complexity index is 894. The van der Waals surface area contributed by atoms with Crippen molar-refractivity contribution in [2.75, 3.05) is 26.7 Å². The van der Waals surface area contributed by atoms with Crippen LogP contribution in [0.5, 0.6) is 0 Å². The summed E-state index contributed by atoms with van der Waals surface area (Å²) in [6.45, 7) is 1.86. The molecule has 31 heavy (non-hydrogen) atoms. The molecule has 2 aromatic carbocycles. The second-order valence-corrected chi connectivity index (χ2v) is 8.56. The van der Waals surface area contributed by atoms with E-state index < -0.39 is 0 Å². The van der Waals surface area contributed by atoms with Gasteiger partial charge in [-0.1, -0.05) is 46.3 Å². The molecule has 6 nitrogen and oxygen atoms in total. The third-order valence-electron chi connectivity index (χ3n) is 5.56. The average molecular weight is 487 g/mol. The topological polar surface area (TPSA) is 66.9 Å². The van der Waals surface area contributed by atoms with Gasteiger partial charge in [-0.15, -0.1) is 0 Å². The van der Waals surface area contributed by atoms with Crippen LogP contribution < -0.4 is 0 Å². The quantitative estimate of drug-likeness (QED) is 0.556. The number of methoxy groups -OCH3 is 1. The van der Waals surface area contributed by atoms with Crippen LogP contribution in [-0.2, 0) is 20.9 Å². The molecule has 1 heterocycles. The van der Waals surface area contributed by atoms with Crippen molar-refractivity contribution in [3.8, 4) is 0 Å². The molecule has 2 aromatic rings. The van der Waals surface area contributed by atoms with Crippen molar-refractivity contribution in [1.29, 1.82) is 0 Å². The maximum absolute atomic E-state index is 13.3. The van der Waals surface area contributed by atoms with Gasteiger partial charge in [-0.2, -0.15) is 0 Å². The van der Waals surface area contributed by atoms with Crippen molar-refractivity contribution in [2.24, 2.45) is 5.92 Å². The van der Waals surface area contributed by atoms with E-state index in [1.807, 2.05) is 47.4 Å². The zero-order chi connectivity index (χ0) is 22.2. The van der Waals surface area contributed by atoms with Gasteiger partial charge in [0.1, 0.15) is 0 Å². The highest BCUT2D eigenvalue weighted by atomic mass is 79.9. The number of amides is 2. The third kappa shape index (κ3) is 6.40. The Morgan fingerprint density at radius 2 is 1.68 bits per heavy atom. The van der Waals surface area contributed by atoms with Crippen LogP contribution in [0.25, 0.3) is 0 Å². The minimum Gasteiger partial charge on any atom is -0.469 e. The molecule has 2 amide bonds. The van der Waals surface area contributed by atoms with Crippen molar-refractivity contribution in [1.82, 2.24) is 9.80 Å². The summed E-state index contributed by atoms with van der Waals surface area (Å²) in [5, 5.41) is 0. The van der Waals surface area contributed by atoms with E-state index in [1.165, 1.54) is 7.11 Å². The summed E-state index contributed by atoms with van der Waals surface area (Å²) in [5.41, 5.74) is 1.67. The van der Waals surface area contributed by atoms with E-state index in [-0.39, 0.29) is 30.1 Å². The van der Waals surface area contributed by atoms with E-state index in [0.717, 1.165) is 10.0 Å². The SMILES string of the molecule is COC(=O)CCN(Cc1ccccc1)C(=O)C1CCN(C(=O)c2ccc(Br)cc2)CC1. The van der Waals surface area contributed by atoms with Gasteiger partial charge in [-0.05, 0) is 42.7 Å². The zero-order valence-corrected chi connectivity index (χ0v) is 19.2. The van der Waals surface area contributed by atoms with E-state index in [0.29, 0.717) is 44.6 Å². The first kappa shape index (κ1) is 23.0. The summed E-state index contributed by atoms with van der Waals surface area (Å²) in [7, 11) is 1.35. The van der Waals surface area contributed by atoms with Gasteiger partial charge < -0.3 is 14.5 Å². The number of hydrogen-bond donors (Lipinski definition) is 0. The molecule has 0 saturated carbocycles. The maximum Gasteiger partial charge on any atom is 0.307 e. The molecule has 1 aliphatic heterocycles. The van der Waals surface area contributed by atoms with Crippen molar-refractivity contribution in [3.05, 3.63) is 70.2 Å². The van der Waals surface area contributed by atoms with E-state index in [2.05, 4.69) is 15.9 Å². The van der Waals surface area contributed by atoms with Crippen molar-refractivity contribution in [2.45, 2.75) is 25.8 Å². The summed E-state index contributed by atoms with van der Waals surface area (Å²) in [4.78, 5) is 41.2. The van der Waals surface area contributed by atoms with E-state index in [4.69, 9.17) is 4.74 Å². The van der Waals surface area contributed by atoms with Crippen LogP contribution in [0.2, 0.25) is 0 Å². The number of likely N-dealkylation sites (tertiary alicyclic amines) is 1. The molecule has 0 radical (unpaired) electrons. The molecule has 3 rings (SSSR count). The van der Waals surface area contributed by atoms with Gasteiger partial charge in [0.15, 0.2) is 0 Å². The molecule has 164 valence electrons. The van der Waals surface area contributed by atoms with Crippen LogP contribution in [0.4, 0.5) is 0 Å². The number of benzene rings is 2. The van der Waals surface area contributed by atoms with E-state index in [1.54, 1.807) is 17.0 Å². The minimum absolute atomic E-state index is 0.00904. The van der Waals surface area contributed by atoms with Crippen LogP contribution in [0.1, 0.15) is 35.2 Å². The molecule has 0 unspecified atom stereocenters. The predicted molar refractivity (Wildman–Crippen MR) is 121 cm³/mol. The Labute approximate surface area is 191 Å². The maximum atomic E-state index is 13.3. The van der Waals surface area contributed by atoms with E-state index >= 15 is 0 Å². The van der Waals surface area contributed by atoms with Crippen molar-refractivity contribution < 1.29 is 19.1 Å². The standard InChI is InChI=1S/C24H27BrN2O4/c1-31-22(28)13-16-27(17-18-5-3-2-4-6-18)24(30)20-11-14-26(15-12-20)23(29)19-7-9-21(25)10-8-19/h2-10,20H,11-17H2,1H3. The van der Waals surface area contributed by atoms with E-state index in [9.17, 15) is 14.4 Å². The first-order valence-corrected chi connectivity index (χ1v) is 11.2. The fraction of sp³-hybridized carbons (Fsp3) is 0.375. The van der Waals surface area contributed by atoms with Crippen molar-refractivity contribution >= 4 is 33.7 Å². The van der Waals surface area contributed by atoms with Crippen LogP contribution in [0.15, 0.2) is 59.1 Å². The number of halogens is 1. The van der Waals surface area contributed by atoms with Crippen LogP contribution in [-0.4, -0.2) is 54.3 Å². The van der Waals surface area contributed by atoms with Crippen molar-refractivity contribution in [3.63, 3.8) is 0 Å². The number of ether oxygens (including phenoxy) is 1. The number of carbonyl (C=O) groups excluding carboxylic acids is 3. The Hall–Kier alpha value is -2.67. The Morgan fingerprint density at radius 3 is 2.29 bits per heavy atom. The molecular formula is C24H27BrN2O4. The molecule has 0 N–H and O–H groups in total. The fourth-order valence-electron chi connectivity index (χ4n) is 3.76. The van der Waals surface area contributed by atoms with Gasteiger partial charge in [-0.25, -0.2) is 0 Å². The lowest BCUT2D eigenvalue weighted by Crippen LogP contribution is -2.44. The smallest absolute Gasteiger partial charge is 0.307 e. The number of piperidine rings is 1. The zero-order valence-electron chi connectivity index (χ0n) is 17.6. The number of nitrogens with zero attached hydrogens (tertiary/aromatic N) is 2. The van der Waals surface area contributed by atoms with Gasteiger partial charge >= 0.3 is 5.97 Å². The van der Waals surface area contributed by atoms with Crippen LogP contribution >= 0.6 is 15.9 Å². The summed E-state index contributed by atoms with van der Waals surface area (Å²) >= 11 is 3.38. The lowest BCUT2D eigenvalue weighted by Gasteiger charge is -2.34. The summed E-state index contributed by atoms with van der Waals surface area (Å²) in [5.74, 6) is -0.468. The van der Waals surface area contributed by atoms with Crippen LogP contribution in [0, 0.1) is 5.92 Å². The average Bonchev–Trinajstić information content (AvgIpc) is 2.82. The van der Waals surface area contributed by atoms with Gasteiger partial charge in [-0.3, -0.25) is 14.4 Å². The molecule has 7 heteroatoms. The molecule has 0 bridgehead atoms. The lowest BCUT2D eigenvalue weighted by molar-refractivity contribution is -0.143. The Balaban J connectivity index is 1.61. The first-order valence-electron chi connectivity index (χ1n) is 10.4. The number of hydrogen-bond acceptors (Lipinski definition) is 4. The van der Waals surface area contributed by atoms with Gasteiger partial charge in [0.25, 0.3) is 5.91 Å². The molecule has 1 fully saturated rings. The second kappa shape index (κ2) is 11.1. The van der Waals surface area contributed by atoms with Gasteiger partial charge in [0.2, 0.25) is 5.91 Å². The Kier molecular flexibility index (Phi) is 8.23. The summed E-state index contributed by atoms with van der Waals surface area (Å²) in [6, 6.07) is 17.1. The highest BCUT2D eigenvalue weighted by Crippen LogP contribution is 2.23. The predicted octanol–water partition coefficient (Wildman–Crippen LogP) is 3.89. The molecular weight excluding hydrogens is 460 g/mol. The normalized spacial score (nSPS) is 14.2. The minimum atomic E-state index is -0.333. The third-order valence-corrected chi connectivity index (χ3v) is 6.09. The summed E-state index contributed by atoms with van der Waals surface area (Å²) < 4.78 is 5.67.